The average Bonchev–Trinajstić information content (AvgIpc) is 2.47. The van der Waals surface area contributed by atoms with Gasteiger partial charge in [0, 0.05) is 24.7 Å². The highest BCUT2D eigenvalue weighted by Crippen LogP contribution is 2.19. The second-order valence-electron chi connectivity index (χ2n) is 7.12. The van der Waals surface area contributed by atoms with Gasteiger partial charge in [-0.1, -0.05) is 43.7 Å². The summed E-state index contributed by atoms with van der Waals surface area (Å²) >= 11 is 0. The molecule has 0 bridgehead atoms. The van der Waals surface area contributed by atoms with Crippen LogP contribution in [0.3, 0.4) is 0 Å². The van der Waals surface area contributed by atoms with Crippen LogP contribution in [0.25, 0.3) is 0 Å². The molecule has 1 aromatic carbocycles. The highest BCUT2D eigenvalue weighted by atomic mass is 15.2. The number of nitrogens with one attached hydrogen (secondary N) is 1. The number of hydrogen-bond donors (Lipinski definition) is 1. The first-order chi connectivity index (χ1) is 10.1. The predicted molar refractivity (Wildman–Crippen MR) is 91.7 cm³/mol. The number of unbranched alkanes of at least 4 members (excludes halogenated alkanes) is 1. The van der Waals surface area contributed by atoms with E-state index in [9.17, 15) is 0 Å². The smallest absolute Gasteiger partial charge is 0.0252 e. The normalized spacial score (nSPS) is 22.3. The molecule has 2 nitrogen and oxygen atoms in total. The summed E-state index contributed by atoms with van der Waals surface area (Å²) in [5, 5.41) is 3.70. The van der Waals surface area contributed by atoms with Crippen LogP contribution in [0, 0.1) is 0 Å². The van der Waals surface area contributed by atoms with Gasteiger partial charge in [0.2, 0.25) is 0 Å². The number of benzene rings is 1. The molecule has 1 aromatic rings. The molecule has 0 spiro atoms. The molecule has 0 radical (unpaired) electrons. The Balaban J connectivity index is 1.76. The van der Waals surface area contributed by atoms with Crippen LogP contribution in [0.5, 0.6) is 0 Å². The highest BCUT2D eigenvalue weighted by molar-refractivity contribution is 5.14. The minimum atomic E-state index is 0.268. The summed E-state index contributed by atoms with van der Waals surface area (Å²) < 4.78 is 0. The number of piperazine rings is 1. The fourth-order valence-corrected chi connectivity index (χ4v) is 3.38. The van der Waals surface area contributed by atoms with Gasteiger partial charge in [0.1, 0.15) is 0 Å². The van der Waals surface area contributed by atoms with Crippen molar-refractivity contribution < 1.29 is 0 Å². The first-order valence-corrected chi connectivity index (χ1v) is 8.64. The molecule has 0 aromatic heterocycles. The van der Waals surface area contributed by atoms with Gasteiger partial charge in [-0.25, -0.2) is 0 Å². The Bertz CT molecular complexity index is 399. The quantitative estimate of drug-likeness (QED) is 0.766. The van der Waals surface area contributed by atoms with Crippen molar-refractivity contribution in [3.63, 3.8) is 0 Å². The molecule has 1 aliphatic rings. The van der Waals surface area contributed by atoms with Crippen molar-refractivity contribution in [1.29, 1.82) is 0 Å². The third kappa shape index (κ3) is 5.44. The van der Waals surface area contributed by atoms with Crippen LogP contribution >= 0.6 is 0 Å². The number of nitrogens with zero attached hydrogens (tertiary/aromatic N) is 1. The summed E-state index contributed by atoms with van der Waals surface area (Å²) in [4.78, 5) is 2.73. The Kier molecular flexibility index (Phi) is 6.25. The second-order valence-corrected chi connectivity index (χ2v) is 7.12. The molecule has 2 heteroatoms. The van der Waals surface area contributed by atoms with E-state index in [1.807, 2.05) is 0 Å². The van der Waals surface area contributed by atoms with E-state index in [1.165, 1.54) is 50.8 Å². The molecular weight excluding hydrogens is 256 g/mol. The second kappa shape index (κ2) is 7.95. The summed E-state index contributed by atoms with van der Waals surface area (Å²) in [7, 11) is 0. The van der Waals surface area contributed by atoms with Gasteiger partial charge in [0.15, 0.2) is 0 Å². The summed E-state index contributed by atoms with van der Waals surface area (Å²) in [5.41, 5.74) is 1.74. The lowest BCUT2D eigenvalue weighted by Crippen LogP contribution is -2.61. The minimum absolute atomic E-state index is 0.268. The van der Waals surface area contributed by atoms with Crippen LogP contribution < -0.4 is 5.32 Å². The Morgan fingerprint density at radius 1 is 1.19 bits per heavy atom. The standard InChI is InChI=1S/C19H32N2/c1-4-10-18-15-20-19(2,3)16-21(18)14-9-8-13-17-11-6-5-7-12-17/h5-7,11-12,18,20H,4,8-10,13-16H2,1-3H3. The fourth-order valence-electron chi connectivity index (χ4n) is 3.38. The molecule has 1 fully saturated rings. The zero-order valence-electron chi connectivity index (χ0n) is 14.1. The maximum Gasteiger partial charge on any atom is 0.0252 e. The topological polar surface area (TPSA) is 15.3 Å². The van der Waals surface area contributed by atoms with Gasteiger partial charge in [0.25, 0.3) is 0 Å². The predicted octanol–water partition coefficient (Wildman–Crippen LogP) is 3.86. The van der Waals surface area contributed by atoms with E-state index >= 15 is 0 Å². The van der Waals surface area contributed by atoms with Gasteiger partial charge >= 0.3 is 0 Å². The highest BCUT2D eigenvalue weighted by Gasteiger charge is 2.31. The molecule has 1 N–H and O–H groups in total. The van der Waals surface area contributed by atoms with Gasteiger partial charge < -0.3 is 5.32 Å². The van der Waals surface area contributed by atoms with E-state index in [0.717, 1.165) is 12.6 Å². The van der Waals surface area contributed by atoms with E-state index in [4.69, 9.17) is 0 Å². The summed E-state index contributed by atoms with van der Waals surface area (Å²) in [5.74, 6) is 0. The van der Waals surface area contributed by atoms with Crippen molar-refractivity contribution in [3.05, 3.63) is 35.9 Å². The summed E-state index contributed by atoms with van der Waals surface area (Å²) in [6.45, 7) is 10.5. The van der Waals surface area contributed by atoms with E-state index in [1.54, 1.807) is 0 Å². The van der Waals surface area contributed by atoms with Gasteiger partial charge in [-0.3, -0.25) is 4.90 Å². The van der Waals surface area contributed by atoms with Gasteiger partial charge in [-0.15, -0.1) is 0 Å². The van der Waals surface area contributed by atoms with Crippen molar-refractivity contribution in [1.82, 2.24) is 10.2 Å². The zero-order valence-corrected chi connectivity index (χ0v) is 14.1. The van der Waals surface area contributed by atoms with Crippen LogP contribution in [0.4, 0.5) is 0 Å². The van der Waals surface area contributed by atoms with E-state index in [0.29, 0.717) is 0 Å². The molecule has 2 rings (SSSR count). The number of hydrogen-bond acceptors (Lipinski definition) is 2. The SMILES string of the molecule is CCCC1CNC(C)(C)CN1CCCCc1ccccc1. The zero-order chi connectivity index (χ0) is 15.1. The van der Waals surface area contributed by atoms with Crippen molar-refractivity contribution >= 4 is 0 Å². The first kappa shape index (κ1) is 16.5. The van der Waals surface area contributed by atoms with Crippen molar-refractivity contribution in [3.8, 4) is 0 Å². The third-order valence-corrected chi connectivity index (χ3v) is 4.56. The molecular formula is C19H32N2. The third-order valence-electron chi connectivity index (χ3n) is 4.56. The Hall–Kier alpha value is -0.860. The average molecular weight is 288 g/mol. The van der Waals surface area contributed by atoms with Crippen LogP contribution in [0.1, 0.15) is 52.0 Å². The monoisotopic (exact) mass is 288 g/mol. The lowest BCUT2D eigenvalue weighted by atomic mass is 9.96. The van der Waals surface area contributed by atoms with Crippen molar-refractivity contribution in [2.75, 3.05) is 19.6 Å². The van der Waals surface area contributed by atoms with Crippen molar-refractivity contribution in [2.24, 2.45) is 0 Å². The molecule has 1 unspecified atom stereocenters. The maximum atomic E-state index is 3.70. The van der Waals surface area contributed by atoms with Crippen LogP contribution in [-0.4, -0.2) is 36.1 Å². The summed E-state index contributed by atoms with van der Waals surface area (Å²) in [6, 6.07) is 11.6. The molecule has 1 atom stereocenters. The molecule has 0 saturated carbocycles. The molecule has 1 heterocycles. The van der Waals surface area contributed by atoms with Gasteiger partial charge in [-0.2, -0.15) is 0 Å². The Labute approximate surface area is 130 Å². The van der Waals surface area contributed by atoms with Crippen molar-refractivity contribution in [2.45, 2.75) is 64.5 Å². The number of rotatable bonds is 7. The van der Waals surface area contributed by atoms with Crippen LogP contribution in [0.15, 0.2) is 30.3 Å². The molecule has 0 aliphatic carbocycles. The van der Waals surface area contributed by atoms with E-state index in [2.05, 4.69) is 61.3 Å². The van der Waals surface area contributed by atoms with Gasteiger partial charge in [-0.05, 0) is 51.6 Å². The number of aryl methyl sites for hydroxylation is 1. The van der Waals surface area contributed by atoms with E-state index < -0.39 is 0 Å². The Morgan fingerprint density at radius 3 is 2.67 bits per heavy atom. The maximum absolute atomic E-state index is 3.70. The lowest BCUT2D eigenvalue weighted by molar-refractivity contribution is 0.0879. The van der Waals surface area contributed by atoms with Gasteiger partial charge in [0.05, 0.1) is 0 Å². The molecule has 1 aliphatic heterocycles. The molecule has 1 saturated heterocycles. The van der Waals surface area contributed by atoms with E-state index in [-0.39, 0.29) is 5.54 Å². The van der Waals surface area contributed by atoms with Crippen LogP contribution in [-0.2, 0) is 6.42 Å². The molecule has 21 heavy (non-hydrogen) atoms. The lowest BCUT2D eigenvalue weighted by Gasteiger charge is -2.45. The fraction of sp³-hybridized carbons (Fsp3) is 0.684. The minimum Gasteiger partial charge on any atom is -0.309 e. The van der Waals surface area contributed by atoms with Crippen LogP contribution in [0.2, 0.25) is 0 Å². The first-order valence-electron chi connectivity index (χ1n) is 8.64. The molecule has 0 amide bonds. The largest absolute Gasteiger partial charge is 0.309 e. The Morgan fingerprint density at radius 2 is 1.95 bits per heavy atom. The molecule has 118 valence electrons. The summed E-state index contributed by atoms with van der Waals surface area (Å²) in [6.07, 6.45) is 6.43.